The van der Waals surface area contributed by atoms with E-state index in [1.54, 1.807) is 11.0 Å². The highest BCUT2D eigenvalue weighted by molar-refractivity contribution is 8.00. The number of likely N-dealkylation sites (N-methyl/N-ethyl adjacent to an activating group) is 1. The van der Waals surface area contributed by atoms with Crippen LogP contribution >= 0.6 is 23.4 Å². The van der Waals surface area contributed by atoms with Crippen LogP contribution in [0.2, 0.25) is 5.02 Å². The van der Waals surface area contributed by atoms with Crippen LogP contribution in [0.15, 0.2) is 47.4 Å². The molecule has 0 spiro atoms. The number of carbonyl (C=O) groups excluding carboxylic acids is 2. The van der Waals surface area contributed by atoms with Crippen molar-refractivity contribution >= 4 is 52.2 Å². The molecular weight excluding hydrogens is 420 g/mol. The first-order chi connectivity index (χ1) is 14.5. The van der Waals surface area contributed by atoms with Crippen molar-refractivity contribution in [3.63, 3.8) is 0 Å². The van der Waals surface area contributed by atoms with Gasteiger partial charge in [-0.25, -0.2) is 0 Å². The molecule has 8 heteroatoms. The Bertz CT molecular complexity index is 946. The zero-order chi connectivity index (χ0) is 21.1. The maximum Gasteiger partial charge on any atom is 0.244 e. The second-order valence-electron chi connectivity index (χ2n) is 7.37. The first-order valence-corrected chi connectivity index (χ1v) is 11.5. The molecule has 4 rings (SSSR count). The van der Waals surface area contributed by atoms with Crippen LogP contribution in [0.4, 0.5) is 17.1 Å². The average molecular weight is 445 g/mol. The predicted octanol–water partition coefficient (Wildman–Crippen LogP) is 3.56. The molecule has 0 saturated carbocycles. The van der Waals surface area contributed by atoms with Gasteiger partial charge in [0, 0.05) is 36.1 Å². The van der Waals surface area contributed by atoms with Crippen molar-refractivity contribution in [3.05, 3.63) is 47.5 Å². The fourth-order valence-electron chi connectivity index (χ4n) is 3.85. The number of rotatable bonds is 5. The van der Waals surface area contributed by atoms with E-state index in [2.05, 4.69) is 22.0 Å². The molecule has 2 aliphatic rings. The normalized spacial score (nSPS) is 17.1. The van der Waals surface area contributed by atoms with Crippen molar-refractivity contribution in [2.75, 3.05) is 60.1 Å². The number of hydrogen-bond donors (Lipinski definition) is 1. The number of amides is 2. The van der Waals surface area contributed by atoms with Crippen molar-refractivity contribution in [2.45, 2.75) is 11.8 Å². The Labute approximate surface area is 186 Å². The summed E-state index contributed by atoms with van der Waals surface area (Å²) in [7, 11) is 0. The molecule has 158 valence electrons. The third-order valence-electron chi connectivity index (χ3n) is 5.50. The number of carbonyl (C=O) groups is 2. The third-order valence-corrected chi connectivity index (χ3v) is 6.79. The van der Waals surface area contributed by atoms with Crippen LogP contribution < -0.4 is 15.1 Å². The van der Waals surface area contributed by atoms with Gasteiger partial charge in [0.15, 0.2) is 0 Å². The van der Waals surface area contributed by atoms with Gasteiger partial charge in [-0.15, -0.1) is 11.8 Å². The van der Waals surface area contributed by atoms with Crippen LogP contribution in [0.5, 0.6) is 0 Å². The first-order valence-electron chi connectivity index (χ1n) is 10.1. The molecule has 0 unspecified atom stereocenters. The highest BCUT2D eigenvalue weighted by atomic mass is 35.5. The van der Waals surface area contributed by atoms with Gasteiger partial charge in [-0.05, 0) is 36.9 Å². The van der Waals surface area contributed by atoms with E-state index in [-0.39, 0.29) is 18.4 Å². The molecule has 2 aliphatic heterocycles. The number of fused-ring (bicyclic) bond motifs is 1. The number of nitrogens with one attached hydrogen (secondary N) is 1. The maximum absolute atomic E-state index is 12.9. The van der Waals surface area contributed by atoms with Gasteiger partial charge in [0.25, 0.3) is 0 Å². The SMILES string of the molecule is CCN1CCN(c2ccc(Cl)cc2NC(=O)CN2C(=O)CSc3ccccc32)CC1. The molecule has 2 aromatic carbocycles. The minimum absolute atomic E-state index is 0.0219. The van der Waals surface area contributed by atoms with E-state index in [1.807, 2.05) is 36.4 Å². The standard InChI is InChI=1S/C22H25ClN4O2S/c1-2-25-9-11-26(12-10-25)18-8-7-16(23)13-17(18)24-21(28)14-27-19-5-3-4-6-20(19)30-15-22(27)29/h3-8,13H,2,9-12,14-15H2,1H3,(H,24,28). The van der Waals surface area contributed by atoms with Crippen LogP contribution in [0.1, 0.15) is 6.92 Å². The Morgan fingerprint density at radius 1 is 1.10 bits per heavy atom. The summed E-state index contributed by atoms with van der Waals surface area (Å²) >= 11 is 7.73. The van der Waals surface area contributed by atoms with Gasteiger partial charge < -0.3 is 20.0 Å². The number of thioether (sulfide) groups is 1. The minimum atomic E-state index is -0.235. The van der Waals surface area contributed by atoms with Crippen molar-refractivity contribution in [3.8, 4) is 0 Å². The topological polar surface area (TPSA) is 55.9 Å². The number of anilines is 3. The lowest BCUT2D eigenvalue weighted by Gasteiger charge is -2.36. The second kappa shape index (κ2) is 9.29. The van der Waals surface area contributed by atoms with Gasteiger partial charge in [-0.1, -0.05) is 30.7 Å². The van der Waals surface area contributed by atoms with Gasteiger partial charge in [0.1, 0.15) is 6.54 Å². The average Bonchev–Trinajstić information content (AvgIpc) is 2.76. The summed E-state index contributed by atoms with van der Waals surface area (Å²) in [4.78, 5) is 32.6. The predicted molar refractivity (Wildman–Crippen MR) is 124 cm³/mol. The van der Waals surface area contributed by atoms with Gasteiger partial charge >= 0.3 is 0 Å². The fraction of sp³-hybridized carbons (Fsp3) is 0.364. The lowest BCUT2D eigenvalue weighted by molar-refractivity contribution is -0.120. The van der Waals surface area contributed by atoms with Crippen molar-refractivity contribution in [1.82, 2.24) is 4.90 Å². The molecule has 0 atom stereocenters. The maximum atomic E-state index is 12.9. The van der Waals surface area contributed by atoms with Crippen LogP contribution in [0.25, 0.3) is 0 Å². The smallest absolute Gasteiger partial charge is 0.244 e. The molecule has 30 heavy (non-hydrogen) atoms. The molecule has 2 heterocycles. The van der Waals surface area contributed by atoms with Gasteiger partial charge in [-0.3, -0.25) is 9.59 Å². The van der Waals surface area contributed by atoms with Crippen molar-refractivity contribution < 1.29 is 9.59 Å². The number of para-hydroxylation sites is 1. The number of halogens is 1. The zero-order valence-corrected chi connectivity index (χ0v) is 18.5. The lowest BCUT2D eigenvalue weighted by atomic mass is 10.2. The fourth-order valence-corrected chi connectivity index (χ4v) is 4.96. The summed E-state index contributed by atoms with van der Waals surface area (Å²) in [6.07, 6.45) is 0. The molecule has 2 amide bonds. The molecule has 0 aliphatic carbocycles. The van der Waals surface area contributed by atoms with E-state index in [9.17, 15) is 9.59 Å². The van der Waals surface area contributed by atoms with Crippen molar-refractivity contribution in [2.24, 2.45) is 0 Å². The summed E-state index contributed by atoms with van der Waals surface area (Å²) < 4.78 is 0. The van der Waals surface area contributed by atoms with E-state index in [4.69, 9.17) is 11.6 Å². The second-order valence-corrected chi connectivity index (χ2v) is 8.82. The molecular formula is C22H25ClN4O2S. The van der Waals surface area contributed by atoms with Gasteiger partial charge in [-0.2, -0.15) is 0 Å². The molecule has 0 bridgehead atoms. The van der Waals surface area contributed by atoms with Crippen molar-refractivity contribution in [1.29, 1.82) is 0 Å². The lowest BCUT2D eigenvalue weighted by Crippen LogP contribution is -2.46. The van der Waals surface area contributed by atoms with E-state index >= 15 is 0 Å². The van der Waals surface area contributed by atoms with Crippen LogP contribution in [0, 0.1) is 0 Å². The zero-order valence-electron chi connectivity index (χ0n) is 16.9. The Balaban J connectivity index is 1.50. The molecule has 2 aromatic rings. The quantitative estimate of drug-likeness (QED) is 0.764. The summed E-state index contributed by atoms with van der Waals surface area (Å²) in [6.45, 7) is 6.96. The first kappa shape index (κ1) is 21.0. The van der Waals surface area contributed by atoms with E-state index in [0.29, 0.717) is 16.5 Å². The Morgan fingerprint density at radius 2 is 1.87 bits per heavy atom. The Hall–Kier alpha value is -2.22. The monoisotopic (exact) mass is 444 g/mol. The summed E-state index contributed by atoms with van der Waals surface area (Å²) in [6, 6.07) is 13.3. The summed E-state index contributed by atoms with van der Waals surface area (Å²) in [5.74, 6) is 0.0469. The number of hydrogen-bond acceptors (Lipinski definition) is 5. The number of benzene rings is 2. The van der Waals surface area contributed by atoms with Crippen LogP contribution in [0.3, 0.4) is 0 Å². The molecule has 1 N–H and O–H groups in total. The Kier molecular flexibility index (Phi) is 6.51. The van der Waals surface area contributed by atoms with Gasteiger partial charge in [0.2, 0.25) is 11.8 Å². The highest BCUT2D eigenvalue weighted by Crippen LogP contribution is 2.35. The van der Waals surface area contributed by atoms with E-state index < -0.39 is 0 Å². The molecule has 6 nitrogen and oxygen atoms in total. The van der Waals surface area contributed by atoms with Crippen LogP contribution in [-0.4, -0.2) is 61.7 Å². The Morgan fingerprint density at radius 3 is 2.63 bits per heavy atom. The third kappa shape index (κ3) is 4.58. The molecule has 1 fully saturated rings. The number of piperazine rings is 1. The van der Waals surface area contributed by atoms with Gasteiger partial charge in [0.05, 0.1) is 22.8 Å². The largest absolute Gasteiger partial charge is 0.367 e. The van der Waals surface area contributed by atoms with Crippen LogP contribution in [-0.2, 0) is 9.59 Å². The molecule has 0 radical (unpaired) electrons. The van der Waals surface area contributed by atoms with E-state index in [0.717, 1.165) is 49.0 Å². The minimum Gasteiger partial charge on any atom is -0.367 e. The van der Waals surface area contributed by atoms with E-state index in [1.165, 1.54) is 11.8 Å². The molecule has 1 saturated heterocycles. The summed E-state index contributed by atoms with van der Waals surface area (Å²) in [5.41, 5.74) is 2.44. The number of nitrogens with zero attached hydrogens (tertiary/aromatic N) is 3. The highest BCUT2D eigenvalue weighted by Gasteiger charge is 2.27. The summed E-state index contributed by atoms with van der Waals surface area (Å²) in [5, 5.41) is 3.56. The molecule has 0 aromatic heterocycles.